The number of pyridine rings is 1. The lowest BCUT2D eigenvalue weighted by Gasteiger charge is -2.24. The highest BCUT2D eigenvalue weighted by Crippen LogP contribution is 2.49. The molecule has 0 radical (unpaired) electrons. The maximum absolute atomic E-state index is 13.2. The fraction of sp³-hybridized carbons (Fsp3) is 0.444. The summed E-state index contributed by atoms with van der Waals surface area (Å²) in [6, 6.07) is 1.90. The number of nitrogens with zero attached hydrogens (tertiary/aromatic N) is 1. The van der Waals surface area contributed by atoms with Crippen LogP contribution in [0.2, 0.25) is 0 Å². The lowest BCUT2D eigenvalue weighted by atomic mass is 9.87. The van der Waals surface area contributed by atoms with Gasteiger partial charge in [0, 0.05) is 43.1 Å². The van der Waals surface area contributed by atoms with Crippen LogP contribution >= 0.6 is 0 Å². The summed E-state index contributed by atoms with van der Waals surface area (Å²) < 4.78 is 26.4. The highest BCUT2D eigenvalue weighted by molar-refractivity contribution is 6.01. The number of halogens is 2. The Morgan fingerprint density at radius 2 is 2.00 bits per heavy atom. The van der Waals surface area contributed by atoms with Gasteiger partial charge in [-0.05, 0) is 61.1 Å². The molecule has 3 rings (SSSR count). The van der Waals surface area contributed by atoms with E-state index in [0.717, 1.165) is 40.7 Å². The van der Waals surface area contributed by atoms with Crippen LogP contribution in [0.4, 0.5) is 14.6 Å². The van der Waals surface area contributed by atoms with Crippen molar-refractivity contribution in [3.8, 4) is 0 Å². The molecule has 2 unspecified atom stereocenters. The van der Waals surface area contributed by atoms with Crippen LogP contribution in [-0.4, -0.2) is 35.8 Å². The fourth-order valence-corrected chi connectivity index (χ4v) is 4.13. The molecule has 1 aromatic rings. The summed E-state index contributed by atoms with van der Waals surface area (Å²) in [4.78, 5) is 29.1. The highest BCUT2D eigenvalue weighted by atomic mass is 19.3. The molecule has 35 heavy (non-hydrogen) atoms. The van der Waals surface area contributed by atoms with Crippen molar-refractivity contribution in [1.29, 1.82) is 0 Å². The van der Waals surface area contributed by atoms with Crippen molar-refractivity contribution in [2.24, 2.45) is 5.92 Å². The first-order chi connectivity index (χ1) is 16.6. The van der Waals surface area contributed by atoms with Gasteiger partial charge in [-0.2, -0.15) is 0 Å². The second-order valence-electron chi connectivity index (χ2n) is 9.07. The van der Waals surface area contributed by atoms with E-state index in [-0.39, 0.29) is 17.8 Å². The summed E-state index contributed by atoms with van der Waals surface area (Å²) in [7, 11) is 1.60. The van der Waals surface area contributed by atoms with Crippen molar-refractivity contribution in [3.63, 3.8) is 0 Å². The molecule has 0 bridgehead atoms. The van der Waals surface area contributed by atoms with E-state index in [1.165, 1.54) is 0 Å². The first-order valence-electron chi connectivity index (χ1n) is 12.1. The first kappa shape index (κ1) is 26.3. The number of alkyl halides is 2. The number of carbonyl (C=O) groups excluding carboxylic acids is 2. The quantitative estimate of drug-likeness (QED) is 0.338. The number of amides is 2. The molecule has 6 nitrogen and oxygen atoms in total. The van der Waals surface area contributed by atoms with Crippen LogP contribution in [0.25, 0.3) is 6.08 Å². The molecule has 3 N–H and O–H groups in total. The minimum Gasteiger partial charge on any atom is -0.384 e. The van der Waals surface area contributed by atoms with Gasteiger partial charge in [-0.25, -0.2) is 13.8 Å². The maximum atomic E-state index is 13.2. The fourth-order valence-electron chi connectivity index (χ4n) is 4.13. The third-order valence-electron chi connectivity index (χ3n) is 6.22. The molecule has 1 aromatic heterocycles. The van der Waals surface area contributed by atoms with Crippen molar-refractivity contribution in [2.75, 3.05) is 12.4 Å². The van der Waals surface area contributed by atoms with Crippen molar-refractivity contribution in [3.05, 3.63) is 64.0 Å². The van der Waals surface area contributed by atoms with E-state index in [9.17, 15) is 18.4 Å². The standard InChI is InChI=1S/C27H34F2N4O2/c1-6-8-19-10-17(4)22(15-31-19)21(20(9-7-2)25(34)30-5)12-18-14-32-24(11-16(18)3)33-26(35)23-13-27(23,28)29/h9-12,14-15,19,23,31H,6-8,13H2,1-5H3,(H,30,34)(H,32,33,35)/b20-9-,21-12+. The minimum atomic E-state index is -2.93. The Balaban J connectivity index is 1.97. The molecule has 188 valence electrons. The van der Waals surface area contributed by atoms with Gasteiger partial charge in [0.25, 0.3) is 11.8 Å². The molecule has 1 aliphatic heterocycles. The van der Waals surface area contributed by atoms with Crippen LogP contribution in [0, 0.1) is 12.8 Å². The van der Waals surface area contributed by atoms with Gasteiger partial charge in [-0.15, -0.1) is 0 Å². The van der Waals surface area contributed by atoms with E-state index in [1.807, 2.05) is 39.1 Å². The monoisotopic (exact) mass is 484 g/mol. The molecule has 0 spiro atoms. The normalized spacial score (nSPS) is 21.5. The number of aromatic nitrogens is 1. The Kier molecular flexibility index (Phi) is 8.25. The largest absolute Gasteiger partial charge is 0.384 e. The van der Waals surface area contributed by atoms with Gasteiger partial charge in [-0.3, -0.25) is 9.59 Å². The Hall–Kier alpha value is -3.29. The number of allylic oxidation sites excluding steroid dienone is 3. The number of hydrogen-bond donors (Lipinski definition) is 3. The second kappa shape index (κ2) is 11.0. The van der Waals surface area contributed by atoms with E-state index >= 15 is 0 Å². The van der Waals surface area contributed by atoms with Gasteiger partial charge in [0.15, 0.2) is 0 Å². The zero-order valence-corrected chi connectivity index (χ0v) is 21.0. The molecule has 1 saturated carbocycles. The number of aryl methyl sites for hydroxylation is 1. The van der Waals surface area contributed by atoms with Crippen LogP contribution in [0.5, 0.6) is 0 Å². The number of carbonyl (C=O) groups is 2. The molecule has 2 heterocycles. The van der Waals surface area contributed by atoms with Crippen LogP contribution < -0.4 is 16.0 Å². The number of anilines is 1. The SMILES string of the molecule is CC/C=C(C(=O)NC)/C(=C\c1cnc(NC(=O)C2CC2(F)F)cc1C)C1=CNC(CCC)C=C1C. The molecule has 2 amide bonds. The third-order valence-corrected chi connectivity index (χ3v) is 6.22. The Bertz CT molecular complexity index is 1120. The van der Waals surface area contributed by atoms with Crippen molar-refractivity contribution in [2.45, 2.75) is 65.3 Å². The lowest BCUT2D eigenvalue weighted by Crippen LogP contribution is -2.28. The zero-order valence-electron chi connectivity index (χ0n) is 21.0. The van der Waals surface area contributed by atoms with Gasteiger partial charge in [-0.1, -0.05) is 32.4 Å². The second-order valence-corrected chi connectivity index (χ2v) is 9.07. The molecule has 2 atom stereocenters. The van der Waals surface area contributed by atoms with Crippen LogP contribution in [0.1, 0.15) is 57.6 Å². The molecule has 0 saturated heterocycles. The first-order valence-corrected chi connectivity index (χ1v) is 12.1. The summed E-state index contributed by atoms with van der Waals surface area (Å²) >= 11 is 0. The number of hydrogen-bond acceptors (Lipinski definition) is 4. The third kappa shape index (κ3) is 6.24. The Labute approximate surface area is 205 Å². The van der Waals surface area contributed by atoms with Crippen LogP contribution in [0.15, 0.2) is 52.9 Å². The van der Waals surface area contributed by atoms with Gasteiger partial charge in [0.1, 0.15) is 11.7 Å². The van der Waals surface area contributed by atoms with Gasteiger partial charge < -0.3 is 16.0 Å². The summed E-state index contributed by atoms with van der Waals surface area (Å²) in [6.45, 7) is 8.00. The Morgan fingerprint density at radius 1 is 1.29 bits per heavy atom. The lowest BCUT2D eigenvalue weighted by molar-refractivity contribution is -0.119. The minimum absolute atomic E-state index is 0.192. The molecule has 0 aromatic carbocycles. The average Bonchev–Trinajstić information content (AvgIpc) is 3.46. The topological polar surface area (TPSA) is 83.1 Å². The van der Waals surface area contributed by atoms with E-state index in [2.05, 4.69) is 33.9 Å². The Morgan fingerprint density at radius 3 is 2.54 bits per heavy atom. The zero-order chi connectivity index (χ0) is 25.8. The summed E-state index contributed by atoms with van der Waals surface area (Å²) in [5.74, 6) is -4.91. The van der Waals surface area contributed by atoms with Gasteiger partial charge in [0.05, 0.1) is 0 Å². The highest BCUT2D eigenvalue weighted by Gasteiger charge is 2.61. The number of likely N-dealkylation sites (N-methyl/N-ethyl adjacent to an activating group) is 1. The number of dihydropyridines is 1. The predicted molar refractivity (Wildman–Crippen MR) is 135 cm³/mol. The van der Waals surface area contributed by atoms with Gasteiger partial charge in [0.2, 0.25) is 5.91 Å². The summed E-state index contributed by atoms with van der Waals surface area (Å²) in [6.07, 6.45) is 11.8. The number of nitrogens with one attached hydrogen (secondary N) is 3. The van der Waals surface area contributed by atoms with Crippen LogP contribution in [-0.2, 0) is 9.59 Å². The molecular formula is C27H34F2N4O2. The van der Waals surface area contributed by atoms with E-state index in [1.54, 1.807) is 19.3 Å². The molecule has 8 heteroatoms. The van der Waals surface area contributed by atoms with Crippen LogP contribution in [0.3, 0.4) is 0 Å². The number of rotatable bonds is 9. The molecular weight excluding hydrogens is 450 g/mol. The predicted octanol–water partition coefficient (Wildman–Crippen LogP) is 5.05. The van der Waals surface area contributed by atoms with Crippen molar-refractivity contribution < 1.29 is 18.4 Å². The average molecular weight is 485 g/mol. The smallest absolute Gasteiger partial charge is 0.260 e. The maximum Gasteiger partial charge on any atom is 0.260 e. The van der Waals surface area contributed by atoms with E-state index in [0.29, 0.717) is 12.0 Å². The van der Waals surface area contributed by atoms with Gasteiger partial charge >= 0.3 is 0 Å². The molecule has 2 aliphatic rings. The van der Waals surface area contributed by atoms with Crippen molar-refractivity contribution >= 4 is 23.7 Å². The summed E-state index contributed by atoms with van der Waals surface area (Å²) in [5.41, 5.74) is 4.83. The summed E-state index contributed by atoms with van der Waals surface area (Å²) in [5, 5.41) is 8.64. The van der Waals surface area contributed by atoms with E-state index < -0.39 is 24.2 Å². The molecule has 1 fully saturated rings. The molecule has 1 aliphatic carbocycles. The van der Waals surface area contributed by atoms with Crippen molar-refractivity contribution in [1.82, 2.24) is 15.6 Å². The van der Waals surface area contributed by atoms with E-state index in [4.69, 9.17) is 0 Å².